The number of fused-ring (bicyclic) bond motifs is 10. The van der Waals surface area contributed by atoms with Gasteiger partial charge in [0, 0.05) is 32.8 Å². The molecule has 0 saturated carbocycles. The SMILES string of the molecule is O=c1c2c3ccc4c(c3ccc2c2ccccc2n1-c1ccccc1)c1ccccc1n4-c1nc(-c2ccccc2)c2ccccc2n1. The van der Waals surface area contributed by atoms with Gasteiger partial charge in [0.1, 0.15) is 0 Å². The van der Waals surface area contributed by atoms with Crippen molar-refractivity contribution in [3.05, 3.63) is 168 Å². The van der Waals surface area contributed by atoms with Crippen LogP contribution in [0.1, 0.15) is 0 Å². The Hall–Kier alpha value is -6.59. The molecule has 0 bridgehead atoms. The van der Waals surface area contributed by atoms with Crippen molar-refractivity contribution in [1.29, 1.82) is 0 Å². The molecule has 5 heteroatoms. The smallest absolute Gasteiger partial charge is 0.264 e. The van der Waals surface area contributed by atoms with Crippen LogP contribution < -0.4 is 5.56 Å². The van der Waals surface area contributed by atoms with Gasteiger partial charge in [0.25, 0.3) is 5.56 Å². The van der Waals surface area contributed by atoms with Crippen LogP contribution >= 0.6 is 0 Å². The second-order valence-electron chi connectivity index (χ2n) is 12.1. The number of hydrogen-bond acceptors (Lipinski definition) is 3. The van der Waals surface area contributed by atoms with Gasteiger partial charge in [-0.25, -0.2) is 9.97 Å². The molecular formula is C43H26N4O. The minimum Gasteiger partial charge on any atom is -0.278 e. The summed E-state index contributed by atoms with van der Waals surface area (Å²) < 4.78 is 4.01. The summed E-state index contributed by atoms with van der Waals surface area (Å²) in [5.41, 5.74) is 6.51. The van der Waals surface area contributed by atoms with Crippen molar-refractivity contribution < 1.29 is 0 Å². The van der Waals surface area contributed by atoms with Gasteiger partial charge in [0.05, 0.1) is 33.1 Å². The van der Waals surface area contributed by atoms with Crippen LogP contribution in [0.3, 0.4) is 0 Å². The largest absolute Gasteiger partial charge is 0.278 e. The molecule has 224 valence electrons. The fraction of sp³-hybridized carbons (Fsp3) is 0. The molecule has 0 aliphatic carbocycles. The monoisotopic (exact) mass is 614 g/mol. The third-order valence-corrected chi connectivity index (χ3v) is 9.54. The highest BCUT2D eigenvalue weighted by atomic mass is 16.1. The third kappa shape index (κ3) is 3.76. The lowest BCUT2D eigenvalue weighted by molar-refractivity contribution is 1.01. The van der Waals surface area contributed by atoms with Crippen molar-refractivity contribution in [2.45, 2.75) is 0 Å². The van der Waals surface area contributed by atoms with Crippen LogP contribution in [0.5, 0.6) is 0 Å². The Labute approximate surface area is 274 Å². The van der Waals surface area contributed by atoms with E-state index in [-0.39, 0.29) is 5.56 Å². The molecule has 0 N–H and O–H groups in total. The fourth-order valence-electron chi connectivity index (χ4n) is 7.48. The lowest BCUT2D eigenvalue weighted by Crippen LogP contribution is -2.19. The third-order valence-electron chi connectivity index (χ3n) is 9.54. The van der Waals surface area contributed by atoms with E-state index in [1.807, 2.05) is 89.5 Å². The Balaban J connectivity index is 1.33. The highest BCUT2D eigenvalue weighted by Gasteiger charge is 2.21. The van der Waals surface area contributed by atoms with Gasteiger partial charge in [-0.2, -0.15) is 0 Å². The highest BCUT2D eigenvalue weighted by molar-refractivity contribution is 6.27. The molecule has 10 aromatic rings. The fourth-order valence-corrected chi connectivity index (χ4v) is 7.48. The van der Waals surface area contributed by atoms with E-state index >= 15 is 0 Å². The molecule has 7 aromatic carbocycles. The normalized spacial score (nSPS) is 11.8. The number of nitrogens with zero attached hydrogens (tertiary/aromatic N) is 4. The maximum Gasteiger partial charge on any atom is 0.264 e. The van der Waals surface area contributed by atoms with Crippen molar-refractivity contribution >= 4 is 65.2 Å². The Morgan fingerprint density at radius 3 is 1.73 bits per heavy atom. The van der Waals surface area contributed by atoms with Crippen LogP contribution in [0.4, 0.5) is 0 Å². The quantitative estimate of drug-likeness (QED) is 0.186. The first-order valence-electron chi connectivity index (χ1n) is 16.1. The van der Waals surface area contributed by atoms with E-state index in [1.165, 1.54) is 0 Å². The number of hydrogen-bond donors (Lipinski definition) is 0. The molecule has 0 atom stereocenters. The van der Waals surface area contributed by atoms with Gasteiger partial charge in [-0.1, -0.05) is 121 Å². The molecule has 10 rings (SSSR count). The minimum absolute atomic E-state index is 0.0334. The van der Waals surface area contributed by atoms with Gasteiger partial charge < -0.3 is 0 Å². The highest BCUT2D eigenvalue weighted by Crippen LogP contribution is 2.40. The number of rotatable bonds is 3. The van der Waals surface area contributed by atoms with Gasteiger partial charge in [0.2, 0.25) is 5.95 Å². The number of para-hydroxylation sites is 4. The first kappa shape index (κ1) is 26.6. The van der Waals surface area contributed by atoms with E-state index in [0.29, 0.717) is 11.3 Å². The summed E-state index contributed by atoms with van der Waals surface area (Å²) in [7, 11) is 0. The van der Waals surface area contributed by atoms with Crippen molar-refractivity contribution in [3.8, 4) is 22.9 Å². The van der Waals surface area contributed by atoms with Crippen molar-refractivity contribution in [1.82, 2.24) is 19.1 Å². The van der Waals surface area contributed by atoms with Crippen LogP contribution in [-0.4, -0.2) is 19.1 Å². The van der Waals surface area contributed by atoms with E-state index in [0.717, 1.165) is 76.7 Å². The standard InChI is InChI=1S/C43H26N4O/c48-42-40-30(29-17-8-11-21-36(29)46(42)28-15-5-2-6-16-28)23-24-31-32(40)25-26-38-39(31)34-19-9-12-22-37(34)47(38)43-44-35-20-10-7-18-33(35)41(45-43)27-13-3-1-4-14-27/h1-26H. The summed E-state index contributed by atoms with van der Waals surface area (Å²) >= 11 is 0. The van der Waals surface area contributed by atoms with Gasteiger partial charge in [-0.15, -0.1) is 0 Å². The summed E-state index contributed by atoms with van der Waals surface area (Å²) in [5.74, 6) is 0.608. The van der Waals surface area contributed by atoms with Crippen LogP contribution in [-0.2, 0) is 0 Å². The topological polar surface area (TPSA) is 52.7 Å². The van der Waals surface area contributed by atoms with E-state index in [1.54, 1.807) is 0 Å². The first-order chi connectivity index (χ1) is 23.8. The summed E-state index contributed by atoms with van der Waals surface area (Å²) in [6, 6.07) is 53.4. The molecule has 0 saturated heterocycles. The zero-order chi connectivity index (χ0) is 31.8. The molecule has 3 aromatic heterocycles. The Morgan fingerprint density at radius 1 is 0.396 bits per heavy atom. The molecule has 0 radical (unpaired) electrons. The molecule has 5 nitrogen and oxygen atoms in total. The second kappa shape index (κ2) is 10.2. The van der Waals surface area contributed by atoms with Crippen LogP contribution in [0, 0.1) is 0 Å². The van der Waals surface area contributed by atoms with Gasteiger partial charge >= 0.3 is 0 Å². The average molecular weight is 615 g/mol. The van der Waals surface area contributed by atoms with Crippen molar-refractivity contribution in [2.24, 2.45) is 0 Å². The van der Waals surface area contributed by atoms with Crippen LogP contribution in [0.2, 0.25) is 0 Å². The molecule has 3 heterocycles. The van der Waals surface area contributed by atoms with Crippen LogP contribution in [0.15, 0.2) is 163 Å². The first-order valence-corrected chi connectivity index (χ1v) is 16.1. The lowest BCUT2D eigenvalue weighted by atomic mass is 9.96. The molecular weight excluding hydrogens is 589 g/mol. The molecule has 48 heavy (non-hydrogen) atoms. The number of benzene rings is 7. The maximum absolute atomic E-state index is 14.6. The lowest BCUT2D eigenvalue weighted by Gasteiger charge is -2.15. The minimum atomic E-state index is -0.0334. The van der Waals surface area contributed by atoms with E-state index in [9.17, 15) is 4.79 Å². The van der Waals surface area contributed by atoms with Crippen molar-refractivity contribution in [3.63, 3.8) is 0 Å². The molecule has 0 spiro atoms. The predicted molar refractivity (Wildman–Crippen MR) is 197 cm³/mol. The second-order valence-corrected chi connectivity index (χ2v) is 12.1. The van der Waals surface area contributed by atoms with Gasteiger partial charge in [-0.05, 0) is 52.6 Å². The molecule has 0 amide bonds. The van der Waals surface area contributed by atoms with E-state index < -0.39 is 0 Å². The predicted octanol–water partition coefficient (Wildman–Crippen LogP) is 10.0. The van der Waals surface area contributed by atoms with Gasteiger partial charge in [0.15, 0.2) is 0 Å². The molecule has 0 unspecified atom stereocenters. The molecule has 0 aliphatic rings. The van der Waals surface area contributed by atoms with Crippen molar-refractivity contribution in [2.75, 3.05) is 0 Å². The summed E-state index contributed by atoms with van der Waals surface area (Å²) in [5, 5.41) is 7.80. The van der Waals surface area contributed by atoms with Gasteiger partial charge in [-0.3, -0.25) is 13.9 Å². The number of pyridine rings is 1. The molecule has 0 fully saturated rings. The maximum atomic E-state index is 14.6. The number of aromatic nitrogens is 4. The summed E-state index contributed by atoms with van der Waals surface area (Å²) in [6.07, 6.45) is 0. The van der Waals surface area contributed by atoms with Crippen LogP contribution in [0.25, 0.3) is 88.0 Å². The zero-order valence-electron chi connectivity index (χ0n) is 25.7. The average Bonchev–Trinajstić information content (AvgIpc) is 3.50. The summed E-state index contributed by atoms with van der Waals surface area (Å²) in [4.78, 5) is 25.0. The Morgan fingerprint density at radius 2 is 0.958 bits per heavy atom. The Bertz CT molecular complexity index is 2960. The van der Waals surface area contributed by atoms with E-state index in [4.69, 9.17) is 9.97 Å². The Kier molecular flexibility index (Phi) is 5.66. The molecule has 0 aliphatic heterocycles. The van der Waals surface area contributed by atoms with E-state index in [2.05, 4.69) is 77.4 Å². The summed E-state index contributed by atoms with van der Waals surface area (Å²) in [6.45, 7) is 0. The zero-order valence-corrected chi connectivity index (χ0v) is 25.7.